The first kappa shape index (κ1) is 19.3. The lowest BCUT2D eigenvalue weighted by molar-refractivity contribution is 0.123. The third-order valence-electron chi connectivity index (χ3n) is 4.04. The minimum atomic E-state index is -0.427. The summed E-state index contributed by atoms with van der Waals surface area (Å²) in [4.78, 5) is 14.4. The van der Waals surface area contributed by atoms with Gasteiger partial charge in [0, 0.05) is 13.1 Å². The molecule has 1 fully saturated rings. The molecule has 1 saturated heterocycles. The first-order valence-electron chi connectivity index (χ1n) is 8.68. The van der Waals surface area contributed by atoms with Crippen molar-refractivity contribution in [3.05, 3.63) is 53.3 Å². The van der Waals surface area contributed by atoms with Crippen LogP contribution >= 0.6 is 11.6 Å². The van der Waals surface area contributed by atoms with Gasteiger partial charge in [-0.25, -0.2) is 9.18 Å². The zero-order chi connectivity index (χ0) is 19.1. The Balaban J connectivity index is 1.48. The van der Waals surface area contributed by atoms with Crippen molar-refractivity contribution in [1.82, 2.24) is 5.32 Å². The second-order valence-electron chi connectivity index (χ2n) is 5.92. The topological polar surface area (TPSA) is 62.8 Å². The molecule has 2 amide bonds. The summed E-state index contributed by atoms with van der Waals surface area (Å²) in [5.41, 5.74) is 1.70. The molecule has 8 heteroatoms. The first-order valence-corrected chi connectivity index (χ1v) is 9.06. The number of nitrogens with zero attached hydrogens (tertiary/aromatic N) is 1. The molecule has 0 bridgehead atoms. The maximum Gasteiger partial charge on any atom is 0.319 e. The summed E-state index contributed by atoms with van der Waals surface area (Å²) in [6, 6.07) is 11.2. The van der Waals surface area contributed by atoms with Crippen molar-refractivity contribution in [3.63, 3.8) is 0 Å². The van der Waals surface area contributed by atoms with Crippen molar-refractivity contribution in [2.45, 2.75) is 0 Å². The fraction of sp³-hybridized carbons (Fsp3) is 0.316. The lowest BCUT2D eigenvalue weighted by atomic mass is 10.2. The smallest absolute Gasteiger partial charge is 0.319 e. The van der Waals surface area contributed by atoms with E-state index in [0.717, 1.165) is 24.5 Å². The van der Waals surface area contributed by atoms with Crippen LogP contribution in [0.15, 0.2) is 42.5 Å². The van der Waals surface area contributed by atoms with Gasteiger partial charge in [-0.05, 0) is 30.3 Å². The molecule has 6 nitrogen and oxygen atoms in total. The second kappa shape index (κ2) is 9.43. The third kappa shape index (κ3) is 5.48. The van der Waals surface area contributed by atoms with Gasteiger partial charge >= 0.3 is 6.03 Å². The van der Waals surface area contributed by atoms with E-state index in [0.29, 0.717) is 19.0 Å². The van der Waals surface area contributed by atoms with Gasteiger partial charge in [-0.3, -0.25) is 0 Å². The Bertz CT molecular complexity index is 785. The van der Waals surface area contributed by atoms with Crippen LogP contribution in [-0.4, -0.2) is 45.5 Å². The fourth-order valence-corrected chi connectivity index (χ4v) is 2.97. The molecule has 1 aliphatic rings. The molecular formula is C19H21ClFN3O3. The first-order chi connectivity index (χ1) is 13.1. The van der Waals surface area contributed by atoms with Gasteiger partial charge in [0.15, 0.2) is 0 Å². The summed E-state index contributed by atoms with van der Waals surface area (Å²) in [5, 5.41) is 5.78. The highest BCUT2D eigenvalue weighted by Gasteiger charge is 2.15. The zero-order valence-electron chi connectivity index (χ0n) is 14.7. The number of nitrogens with one attached hydrogen (secondary N) is 2. The molecule has 2 N–H and O–H groups in total. The number of anilines is 2. The maximum absolute atomic E-state index is 13.0. The highest BCUT2D eigenvalue weighted by Crippen LogP contribution is 2.26. The Hall–Kier alpha value is -2.51. The van der Waals surface area contributed by atoms with Crippen LogP contribution in [0.2, 0.25) is 5.02 Å². The van der Waals surface area contributed by atoms with Gasteiger partial charge in [0.05, 0.1) is 36.2 Å². The van der Waals surface area contributed by atoms with Crippen LogP contribution in [-0.2, 0) is 4.74 Å². The van der Waals surface area contributed by atoms with E-state index in [1.165, 1.54) is 18.2 Å². The standard InChI is InChI=1S/C19H21ClFN3O3/c20-15-13-14(21)5-6-18(15)27-10-7-22-19(25)23-16-3-1-2-4-17(16)24-8-11-26-12-9-24/h1-6,13H,7-12H2,(H2,22,23,25). The maximum atomic E-state index is 13.0. The molecule has 0 spiro atoms. The van der Waals surface area contributed by atoms with E-state index in [1.54, 1.807) is 0 Å². The number of carbonyl (C=O) groups is 1. The predicted octanol–water partition coefficient (Wildman–Crippen LogP) is 3.52. The molecule has 1 heterocycles. The average molecular weight is 394 g/mol. The summed E-state index contributed by atoms with van der Waals surface area (Å²) in [6.07, 6.45) is 0. The Morgan fingerprint density at radius 2 is 2.00 bits per heavy atom. The van der Waals surface area contributed by atoms with Crippen LogP contribution in [0.5, 0.6) is 5.75 Å². The largest absolute Gasteiger partial charge is 0.490 e. The average Bonchev–Trinajstić information content (AvgIpc) is 2.68. The van der Waals surface area contributed by atoms with Crippen molar-refractivity contribution in [3.8, 4) is 5.75 Å². The molecule has 0 aliphatic carbocycles. The summed E-state index contributed by atoms with van der Waals surface area (Å²) < 4.78 is 23.8. The van der Waals surface area contributed by atoms with Gasteiger partial charge in [-0.2, -0.15) is 0 Å². The molecule has 0 radical (unpaired) electrons. The highest BCUT2D eigenvalue weighted by atomic mass is 35.5. The monoisotopic (exact) mass is 393 g/mol. The summed E-state index contributed by atoms with van der Waals surface area (Å²) >= 11 is 5.89. The minimum absolute atomic E-state index is 0.193. The zero-order valence-corrected chi connectivity index (χ0v) is 15.5. The number of carbonyl (C=O) groups excluding carboxylic acids is 1. The van der Waals surface area contributed by atoms with Crippen LogP contribution in [0.3, 0.4) is 0 Å². The van der Waals surface area contributed by atoms with Crippen molar-refractivity contribution < 1.29 is 18.7 Å². The number of hydrogen-bond donors (Lipinski definition) is 2. The number of hydrogen-bond acceptors (Lipinski definition) is 4. The van der Waals surface area contributed by atoms with E-state index < -0.39 is 5.82 Å². The summed E-state index contributed by atoms with van der Waals surface area (Å²) in [7, 11) is 0. The van der Waals surface area contributed by atoms with E-state index in [1.807, 2.05) is 24.3 Å². The van der Waals surface area contributed by atoms with Gasteiger partial charge < -0.3 is 25.0 Å². The highest BCUT2D eigenvalue weighted by molar-refractivity contribution is 6.32. The van der Waals surface area contributed by atoms with Crippen LogP contribution in [0.25, 0.3) is 0 Å². The molecule has 2 aromatic carbocycles. The molecule has 27 heavy (non-hydrogen) atoms. The summed E-state index contributed by atoms with van der Waals surface area (Å²) in [5.74, 6) is -0.0540. The Labute approximate surface area is 162 Å². The van der Waals surface area contributed by atoms with Gasteiger partial charge in [0.2, 0.25) is 0 Å². The molecule has 0 saturated carbocycles. The number of benzene rings is 2. The Morgan fingerprint density at radius 3 is 2.78 bits per heavy atom. The number of rotatable bonds is 6. The molecule has 2 aromatic rings. The van der Waals surface area contributed by atoms with E-state index in [2.05, 4.69) is 15.5 Å². The van der Waals surface area contributed by atoms with Crippen molar-refractivity contribution in [2.75, 3.05) is 49.7 Å². The van der Waals surface area contributed by atoms with Gasteiger partial charge in [-0.1, -0.05) is 23.7 Å². The molecule has 0 atom stereocenters. The lowest BCUT2D eigenvalue weighted by Gasteiger charge is -2.30. The van der Waals surface area contributed by atoms with Crippen molar-refractivity contribution in [1.29, 1.82) is 0 Å². The number of urea groups is 1. The number of amides is 2. The van der Waals surface area contributed by atoms with Crippen LogP contribution in [0.1, 0.15) is 0 Å². The van der Waals surface area contributed by atoms with E-state index in [4.69, 9.17) is 21.1 Å². The number of halogens is 2. The lowest BCUT2D eigenvalue weighted by Crippen LogP contribution is -2.37. The Kier molecular flexibility index (Phi) is 6.73. The fourth-order valence-electron chi connectivity index (χ4n) is 2.74. The molecule has 144 valence electrons. The number of para-hydroxylation sites is 2. The van der Waals surface area contributed by atoms with Crippen LogP contribution < -0.4 is 20.3 Å². The van der Waals surface area contributed by atoms with Crippen molar-refractivity contribution in [2.24, 2.45) is 0 Å². The quantitative estimate of drug-likeness (QED) is 0.737. The van der Waals surface area contributed by atoms with Crippen LogP contribution in [0, 0.1) is 5.82 Å². The predicted molar refractivity (Wildman–Crippen MR) is 103 cm³/mol. The molecule has 0 aromatic heterocycles. The van der Waals surface area contributed by atoms with E-state index >= 15 is 0 Å². The molecule has 1 aliphatic heterocycles. The third-order valence-corrected chi connectivity index (χ3v) is 4.34. The van der Waals surface area contributed by atoms with Gasteiger partial charge in [-0.15, -0.1) is 0 Å². The normalized spacial score (nSPS) is 13.9. The number of morpholine rings is 1. The van der Waals surface area contributed by atoms with Crippen molar-refractivity contribution >= 4 is 29.0 Å². The summed E-state index contributed by atoms with van der Waals surface area (Å²) in [6.45, 7) is 3.40. The Morgan fingerprint density at radius 1 is 1.22 bits per heavy atom. The second-order valence-corrected chi connectivity index (χ2v) is 6.33. The van der Waals surface area contributed by atoms with E-state index in [9.17, 15) is 9.18 Å². The van der Waals surface area contributed by atoms with Crippen LogP contribution in [0.4, 0.5) is 20.6 Å². The number of ether oxygens (including phenoxy) is 2. The minimum Gasteiger partial charge on any atom is -0.490 e. The molecule has 3 rings (SSSR count). The van der Waals surface area contributed by atoms with Gasteiger partial charge in [0.25, 0.3) is 0 Å². The van der Waals surface area contributed by atoms with E-state index in [-0.39, 0.29) is 24.2 Å². The van der Waals surface area contributed by atoms with Gasteiger partial charge in [0.1, 0.15) is 18.2 Å². The SMILES string of the molecule is O=C(NCCOc1ccc(F)cc1Cl)Nc1ccccc1N1CCOCC1. The molecular weight excluding hydrogens is 373 g/mol. The molecule has 0 unspecified atom stereocenters.